The first-order valence-corrected chi connectivity index (χ1v) is 5.49. The summed E-state index contributed by atoms with van der Waals surface area (Å²) >= 11 is 0. The zero-order valence-corrected chi connectivity index (χ0v) is 9.28. The van der Waals surface area contributed by atoms with E-state index in [4.69, 9.17) is 16.2 Å². The van der Waals surface area contributed by atoms with Crippen LogP contribution in [0.5, 0.6) is 0 Å². The van der Waals surface area contributed by atoms with E-state index >= 15 is 0 Å². The highest BCUT2D eigenvalue weighted by atomic mass is 16.5. The number of primary amides is 1. The number of ether oxygens (including phenoxy) is 1. The third-order valence-corrected chi connectivity index (χ3v) is 2.63. The molecule has 0 aromatic carbocycles. The van der Waals surface area contributed by atoms with E-state index in [9.17, 15) is 9.59 Å². The third kappa shape index (κ3) is 4.59. The molecule has 1 aliphatic carbocycles. The van der Waals surface area contributed by atoms with Gasteiger partial charge in [0.1, 0.15) is 6.61 Å². The molecule has 92 valence electrons. The highest BCUT2D eigenvalue weighted by Crippen LogP contribution is 2.23. The average Bonchev–Trinajstić information content (AvgIpc) is 2.63. The molecule has 6 nitrogen and oxygen atoms in total. The van der Waals surface area contributed by atoms with E-state index in [-0.39, 0.29) is 24.5 Å². The Labute approximate surface area is 94.7 Å². The Bertz CT molecular complexity index is 258. The number of nitrogens with one attached hydrogen (secondary N) is 1. The van der Waals surface area contributed by atoms with Crippen molar-refractivity contribution in [1.82, 2.24) is 5.32 Å². The van der Waals surface area contributed by atoms with Crippen molar-refractivity contribution < 1.29 is 14.3 Å². The number of carbonyl (C=O) groups excluding carboxylic acids is 2. The molecule has 0 aromatic rings. The molecule has 2 atom stereocenters. The van der Waals surface area contributed by atoms with Gasteiger partial charge in [-0.05, 0) is 19.3 Å². The van der Waals surface area contributed by atoms with Gasteiger partial charge in [-0.1, -0.05) is 0 Å². The molecule has 1 fully saturated rings. The lowest BCUT2D eigenvalue weighted by Crippen LogP contribution is -2.33. The van der Waals surface area contributed by atoms with Gasteiger partial charge in [0.15, 0.2) is 0 Å². The maximum Gasteiger partial charge on any atom is 0.243 e. The van der Waals surface area contributed by atoms with Gasteiger partial charge in [0.2, 0.25) is 11.8 Å². The van der Waals surface area contributed by atoms with Crippen molar-refractivity contribution in [2.24, 2.45) is 17.4 Å². The fourth-order valence-electron chi connectivity index (χ4n) is 1.82. The van der Waals surface area contributed by atoms with Crippen LogP contribution >= 0.6 is 0 Å². The summed E-state index contributed by atoms with van der Waals surface area (Å²) in [5.74, 6) is -0.449. The first kappa shape index (κ1) is 12.9. The second-order valence-electron chi connectivity index (χ2n) is 4.08. The SMILES string of the molecule is NC(=O)COCCNC(=O)C1CCC(N)C1. The van der Waals surface area contributed by atoms with Gasteiger partial charge in [0, 0.05) is 18.5 Å². The van der Waals surface area contributed by atoms with Crippen LogP contribution in [0, 0.1) is 5.92 Å². The summed E-state index contributed by atoms with van der Waals surface area (Å²) in [4.78, 5) is 21.9. The number of hydrogen-bond acceptors (Lipinski definition) is 4. The summed E-state index contributed by atoms with van der Waals surface area (Å²) in [6.07, 6.45) is 2.53. The minimum atomic E-state index is -0.506. The largest absolute Gasteiger partial charge is 0.370 e. The molecule has 6 heteroatoms. The minimum Gasteiger partial charge on any atom is -0.370 e. The van der Waals surface area contributed by atoms with Crippen molar-refractivity contribution in [3.8, 4) is 0 Å². The van der Waals surface area contributed by atoms with Gasteiger partial charge in [-0.15, -0.1) is 0 Å². The Kier molecular flexibility index (Phi) is 5.21. The molecule has 0 radical (unpaired) electrons. The van der Waals surface area contributed by atoms with Crippen LogP contribution in [0.15, 0.2) is 0 Å². The molecule has 0 aromatic heterocycles. The maximum atomic E-state index is 11.6. The summed E-state index contributed by atoms with van der Waals surface area (Å²) in [6, 6.07) is 0.155. The standard InChI is InChI=1S/C10H19N3O3/c11-8-2-1-7(5-8)10(15)13-3-4-16-6-9(12)14/h7-8H,1-6,11H2,(H2,12,14)(H,13,15). The van der Waals surface area contributed by atoms with Crippen molar-refractivity contribution in [2.45, 2.75) is 25.3 Å². The second kappa shape index (κ2) is 6.44. The predicted molar refractivity (Wildman–Crippen MR) is 58.3 cm³/mol. The molecule has 1 aliphatic rings. The summed E-state index contributed by atoms with van der Waals surface area (Å²) < 4.78 is 4.92. The zero-order valence-electron chi connectivity index (χ0n) is 9.28. The molecule has 0 aliphatic heterocycles. The Balaban J connectivity index is 2.04. The van der Waals surface area contributed by atoms with Crippen LogP contribution in [-0.4, -0.2) is 37.6 Å². The lowest BCUT2D eigenvalue weighted by molar-refractivity contribution is -0.125. The molecule has 1 saturated carbocycles. The van der Waals surface area contributed by atoms with Gasteiger partial charge in [-0.25, -0.2) is 0 Å². The highest BCUT2D eigenvalue weighted by molar-refractivity contribution is 5.79. The van der Waals surface area contributed by atoms with Gasteiger partial charge < -0.3 is 21.5 Å². The van der Waals surface area contributed by atoms with Crippen molar-refractivity contribution >= 4 is 11.8 Å². The molecule has 5 N–H and O–H groups in total. The molecule has 1 rings (SSSR count). The number of hydrogen-bond donors (Lipinski definition) is 3. The van der Waals surface area contributed by atoms with Crippen molar-refractivity contribution in [3.63, 3.8) is 0 Å². The molecule has 0 spiro atoms. The van der Waals surface area contributed by atoms with Gasteiger partial charge in [0.05, 0.1) is 6.61 Å². The van der Waals surface area contributed by atoms with E-state index in [0.717, 1.165) is 19.3 Å². The van der Waals surface area contributed by atoms with E-state index in [2.05, 4.69) is 5.32 Å². The number of amides is 2. The Morgan fingerprint density at radius 1 is 1.38 bits per heavy atom. The van der Waals surface area contributed by atoms with E-state index in [1.165, 1.54) is 0 Å². The quantitative estimate of drug-likeness (QED) is 0.494. The molecular formula is C10H19N3O3. The molecule has 16 heavy (non-hydrogen) atoms. The van der Waals surface area contributed by atoms with E-state index < -0.39 is 5.91 Å². The highest BCUT2D eigenvalue weighted by Gasteiger charge is 2.27. The molecule has 0 bridgehead atoms. The maximum absolute atomic E-state index is 11.6. The zero-order chi connectivity index (χ0) is 12.0. The molecular weight excluding hydrogens is 210 g/mol. The van der Waals surface area contributed by atoms with Crippen LogP contribution < -0.4 is 16.8 Å². The Morgan fingerprint density at radius 3 is 2.69 bits per heavy atom. The normalized spacial score (nSPS) is 24.3. The Morgan fingerprint density at radius 2 is 2.12 bits per heavy atom. The number of nitrogens with two attached hydrogens (primary N) is 2. The molecule has 0 saturated heterocycles. The first-order chi connectivity index (χ1) is 7.59. The second-order valence-corrected chi connectivity index (χ2v) is 4.08. The molecule has 2 amide bonds. The van der Waals surface area contributed by atoms with E-state index in [0.29, 0.717) is 13.2 Å². The van der Waals surface area contributed by atoms with Crippen molar-refractivity contribution in [2.75, 3.05) is 19.8 Å². The van der Waals surface area contributed by atoms with Crippen LogP contribution in [0.1, 0.15) is 19.3 Å². The van der Waals surface area contributed by atoms with Crippen LogP contribution in [0.3, 0.4) is 0 Å². The van der Waals surface area contributed by atoms with E-state index in [1.807, 2.05) is 0 Å². The van der Waals surface area contributed by atoms with Gasteiger partial charge in [0.25, 0.3) is 0 Å². The third-order valence-electron chi connectivity index (χ3n) is 2.63. The van der Waals surface area contributed by atoms with Gasteiger partial charge >= 0.3 is 0 Å². The minimum absolute atomic E-state index is 0.0237. The first-order valence-electron chi connectivity index (χ1n) is 5.49. The van der Waals surface area contributed by atoms with E-state index in [1.54, 1.807) is 0 Å². The topological polar surface area (TPSA) is 107 Å². The van der Waals surface area contributed by atoms with Gasteiger partial charge in [-0.3, -0.25) is 9.59 Å². The summed E-state index contributed by atoms with van der Waals surface area (Å²) in [7, 11) is 0. The summed E-state index contributed by atoms with van der Waals surface area (Å²) in [5.41, 5.74) is 10.6. The fourth-order valence-corrected chi connectivity index (χ4v) is 1.82. The van der Waals surface area contributed by atoms with Crippen molar-refractivity contribution in [3.05, 3.63) is 0 Å². The summed E-state index contributed by atoms with van der Waals surface area (Å²) in [6.45, 7) is 0.593. The van der Waals surface area contributed by atoms with Crippen LogP contribution in [-0.2, 0) is 14.3 Å². The molecule has 2 unspecified atom stereocenters. The Hall–Kier alpha value is -1.14. The predicted octanol–water partition coefficient (Wildman–Crippen LogP) is -1.27. The van der Waals surface area contributed by atoms with Crippen LogP contribution in [0.4, 0.5) is 0 Å². The number of rotatable bonds is 6. The smallest absolute Gasteiger partial charge is 0.243 e. The lowest BCUT2D eigenvalue weighted by Gasteiger charge is -2.10. The summed E-state index contributed by atoms with van der Waals surface area (Å²) in [5, 5.41) is 2.75. The van der Waals surface area contributed by atoms with Crippen LogP contribution in [0.25, 0.3) is 0 Å². The fraction of sp³-hybridized carbons (Fsp3) is 0.800. The van der Waals surface area contributed by atoms with Crippen molar-refractivity contribution in [1.29, 1.82) is 0 Å². The lowest BCUT2D eigenvalue weighted by atomic mass is 10.1. The monoisotopic (exact) mass is 229 g/mol. The molecule has 0 heterocycles. The van der Waals surface area contributed by atoms with Crippen LogP contribution in [0.2, 0.25) is 0 Å². The van der Waals surface area contributed by atoms with Gasteiger partial charge in [-0.2, -0.15) is 0 Å². The average molecular weight is 229 g/mol. The number of carbonyl (C=O) groups is 2.